The summed E-state index contributed by atoms with van der Waals surface area (Å²) in [5.41, 5.74) is 2.34. The second-order valence-corrected chi connectivity index (χ2v) is 4.57. The second-order valence-electron chi connectivity index (χ2n) is 4.13. The van der Waals surface area contributed by atoms with Gasteiger partial charge in [0.05, 0.1) is 6.20 Å². The minimum Gasteiger partial charge on any atom is -0.237 e. The van der Waals surface area contributed by atoms with Gasteiger partial charge in [-0.25, -0.2) is 9.07 Å². The summed E-state index contributed by atoms with van der Waals surface area (Å²) in [5.74, 6) is -0.298. The van der Waals surface area contributed by atoms with Gasteiger partial charge >= 0.3 is 0 Å². The van der Waals surface area contributed by atoms with Crippen molar-refractivity contribution in [1.82, 2.24) is 9.78 Å². The van der Waals surface area contributed by atoms with Crippen molar-refractivity contribution in [1.29, 1.82) is 0 Å². The Morgan fingerprint density at radius 2 is 1.68 bits per heavy atom. The molecule has 0 aliphatic heterocycles. The molecule has 0 aliphatic rings. The Labute approximate surface area is 115 Å². The van der Waals surface area contributed by atoms with Crippen LogP contribution < -0.4 is 0 Å². The van der Waals surface area contributed by atoms with Crippen LogP contribution in [0.2, 0.25) is 5.02 Å². The second kappa shape index (κ2) is 4.86. The van der Waals surface area contributed by atoms with Crippen molar-refractivity contribution in [2.45, 2.75) is 0 Å². The molecular formula is C15H10ClFN2. The van der Waals surface area contributed by atoms with Crippen LogP contribution in [-0.4, -0.2) is 9.78 Å². The quantitative estimate of drug-likeness (QED) is 0.679. The molecule has 0 amide bonds. The van der Waals surface area contributed by atoms with E-state index in [4.69, 9.17) is 11.6 Å². The van der Waals surface area contributed by atoms with E-state index in [0.29, 0.717) is 10.7 Å². The molecule has 19 heavy (non-hydrogen) atoms. The zero-order valence-corrected chi connectivity index (χ0v) is 10.7. The van der Waals surface area contributed by atoms with E-state index in [9.17, 15) is 4.39 Å². The highest BCUT2D eigenvalue weighted by Gasteiger charge is 2.06. The molecule has 0 saturated carbocycles. The van der Waals surface area contributed by atoms with Crippen molar-refractivity contribution < 1.29 is 4.39 Å². The Kier molecular flexibility index (Phi) is 3.05. The van der Waals surface area contributed by atoms with E-state index in [1.807, 2.05) is 24.3 Å². The summed E-state index contributed by atoms with van der Waals surface area (Å²) in [4.78, 5) is 0. The fourth-order valence-corrected chi connectivity index (χ4v) is 2.01. The maximum Gasteiger partial charge on any atom is 0.148 e. The van der Waals surface area contributed by atoms with Gasteiger partial charge in [-0.05, 0) is 29.8 Å². The third kappa shape index (κ3) is 2.37. The van der Waals surface area contributed by atoms with Gasteiger partial charge in [-0.3, -0.25) is 0 Å². The summed E-state index contributed by atoms with van der Waals surface area (Å²) in [6.45, 7) is 0. The topological polar surface area (TPSA) is 17.8 Å². The Hall–Kier alpha value is -2.13. The van der Waals surface area contributed by atoms with Crippen LogP contribution in [0.15, 0.2) is 60.9 Å². The molecule has 3 rings (SSSR count). The highest BCUT2D eigenvalue weighted by atomic mass is 35.5. The van der Waals surface area contributed by atoms with Gasteiger partial charge in [0.2, 0.25) is 0 Å². The highest BCUT2D eigenvalue weighted by molar-refractivity contribution is 6.30. The van der Waals surface area contributed by atoms with Gasteiger partial charge in [0.25, 0.3) is 0 Å². The van der Waals surface area contributed by atoms with Gasteiger partial charge in [0, 0.05) is 16.8 Å². The van der Waals surface area contributed by atoms with Crippen LogP contribution in [0, 0.1) is 5.82 Å². The lowest BCUT2D eigenvalue weighted by Crippen LogP contribution is -1.96. The maximum atomic E-state index is 13.7. The molecule has 0 spiro atoms. The van der Waals surface area contributed by atoms with Crippen molar-refractivity contribution >= 4 is 11.6 Å². The lowest BCUT2D eigenvalue weighted by Gasteiger charge is -2.01. The van der Waals surface area contributed by atoms with E-state index in [0.717, 1.165) is 11.1 Å². The Balaban J connectivity index is 2.00. The molecule has 94 valence electrons. The number of aromatic nitrogens is 2. The van der Waals surface area contributed by atoms with Crippen molar-refractivity contribution in [3.8, 4) is 16.8 Å². The molecule has 0 aliphatic carbocycles. The van der Waals surface area contributed by atoms with Crippen LogP contribution in [0.25, 0.3) is 16.8 Å². The molecule has 0 fully saturated rings. The fraction of sp³-hybridized carbons (Fsp3) is 0. The number of hydrogen-bond acceptors (Lipinski definition) is 1. The van der Waals surface area contributed by atoms with E-state index in [1.54, 1.807) is 30.6 Å². The molecule has 3 aromatic rings. The first-order chi connectivity index (χ1) is 9.24. The monoisotopic (exact) mass is 272 g/mol. The predicted octanol–water partition coefficient (Wildman–Crippen LogP) is 4.33. The van der Waals surface area contributed by atoms with E-state index in [1.165, 1.54) is 10.7 Å². The first-order valence-electron chi connectivity index (χ1n) is 5.79. The summed E-state index contributed by atoms with van der Waals surface area (Å²) in [6, 6.07) is 14.0. The first kappa shape index (κ1) is 11.9. The third-order valence-corrected chi connectivity index (χ3v) is 3.11. The number of nitrogens with zero attached hydrogens (tertiary/aromatic N) is 2. The van der Waals surface area contributed by atoms with E-state index >= 15 is 0 Å². The van der Waals surface area contributed by atoms with Gasteiger partial charge in [0.1, 0.15) is 11.5 Å². The summed E-state index contributed by atoms with van der Waals surface area (Å²) >= 11 is 5.85. The smallest absolute Gasteiger partial charge is 0.148 e. The van der Waals surface area contributed by atoms with Crippen molar-refractivity contribution in [2.24, 2.45) is 0 Å². The number of para-hydroxylation sites is 1. The minimum atomic E-state index is -0.298. The molecule has 0 atom stereocenters. The first-order valence-corrected chi connectivity index (χ1v) is 6.17. The maximum absolute atomic E-state index is 13.7. The Morgan fingerprint density at radius 1 is 0.947 bits per heavy atom. The molecular weight excluding hydrogens is 263 g/mol. The van der Waals surface area contributed by atoms with Crippen LogP contribution in [-0.2, 0) is 0 Å². The average Bonchev–Trinajstić information content (AvgIpc) is 2.89. The van der Waals surface area contributed by atoms with Crippen LogP contribution in [0.4, 0.5) is 4.39 Å². The van der Waals surface area contributed by atoms with Crippen LogP contribution >= 0.6 is 11.6 Å². The molecule has 1 heterocycles. The third-order valence-electron chi connectivity index (χ3n) is 2.86. The molecule has 0 saturated heterocycles. The van der Waals surface area contributed by atoms with Gasteiger partial charge in [0.15, 0.2) is 0 Å². The largest absolute Gasteiger partial charge is 0.237 e. The van der Waals surface area contributed by atoms with Crippen molar-refractivity contribution in [3.63, 3.8) is 0 Å². The van der Waals surface area contributed by atoms with Crippen LogP contribution in [0.5, 0.6) is 0 Å². The molecule has 0 unspecified atom stereocenters. The van der Waals surface area contributed by atoms with Gasteiger partial charge < -0.3 is 0 Å². The lowest BCUT2D eigenvalue weighted by atomic mass is 10.1. The summed E-state index contributed by atoms with van der Waals surface area (Å²) in [5, 5.41) is 4.88. The van der Waals surface area contributed by atoms with E-state index < -0.39 is 0 Å². The number of hydrogen-bond donors (Lipinski definition) is 0. The summed E-state index contributed by atoms with van der Waals surface area (Å²) < 4.78 is 15.2. The normalized spacial score (nSPS) is 10.6. The minimum absolute atomic E-state index is 0.298. The fourth-order valence-electron chi connectivity index (χ4n) is 1.88. The molecule has 2 aromatic carbocycles. The SMILES string of the molecule is Fc1ccccc1-n1cc(-c2ccc(Cl)cc2)cn1. The zero-order valence-electron chi connectivity index (χ0n) is 9.92. The van der Waals surface area contributed by atoms with Crippen LogP contribution in [0.1, 0.15) is 0 Å². The molecule has 1 aromatic heterocycles. The standard InChI is InChI=1S/C15H10ClFN2/c16-13-7-5-11(6-8-13)12-9-18-19(10-12)15-4-2-1-3-14(15)17/h1-10H. The molecule has 2 nitrogen and oxygen atoms in total. The van der Waals surface area contributed by atoms with Crippen molar-refractivity contribution in [3.05, 3.63) is 71.8 Å². The summed E-state index contributed by atoms with van der Waals surface area (Å²) in [7, 11) is 0. The van der Waals surface area contributed by atoms with E-state index in [-0.39, 0.29) is 5.82 Å². The van der Waals surface area contributed by atoms with Crippen LogP contribution in [0.3, 0.4) is 0 Å². The molecule has 0 radical (unpaired) electrons. The van der Waals surface area contributed by atoms with E-state index in [2.05, 4.69) is 5.10 Å². The lowest BCUT2D eigenvalue weighted by molar-refractivity contribution is 0.611. The number of benzene rings is 2. The average molecular weight is 273 g/mol. The van der Waals surface area contributed by atoms with Crippen molar-refractivity contribution in [2.75, 3.05) is 0 Å². The number of rotatable bonds is 2. The number of halogens is 2. The van der Waals surface area contributed by atoms with Gasteiger partial charge in [-0.2, -0.15) is 5.10 Å². The Morgan fingerprint density at radius 3 is 2.42 bits per heavy atom. The zero-order chi connectivity index (χ0) is 13.2. The predicted molar refractivity (Wildman–Crippen MR) is 74.0 cm³/mol. The van der Waals surface area contributed by atoms with Gasteiger partial charge in [-0.15, -0.1) is 0 Å². The molecule has 0 bridgehead atoms. The highest BCUT2D eigenvalue weighted by Crippen LogP contribution is 2.22. The molecule has 4 heteroatoms. The van der Waals surface area contributed by atoms with Gasteiger partial charge in [-0.1, -0.05) is 35.9 Å². The molecule has 0 N–H and O–H groups in total. The Bertz CT molecular complexity index is 704. The summed E-state index contributed by atoms with van der Waals surface area (Å²) in [6.07, 6.45) is 3.50.